The van der Waals surface area contributed by atoms with E-state index in [4.69, 9.17) is 0 Å². The summed E-state index contributed by atoms with van der Waals surface area (Å²) in [4.78, 5) is 0. The predicted octanol–water partition coefficient (Wildman–Crippen LogP) is 12.0. The van der Waals surface area contributed by atoms with E-state index < -0.39 is 0 Å². The molecule has 0 aliphatic rings. The van der Waals surface area contributed by atoms with Crippen LogP contribution < -0.4 is 0 Å². The topological polar surface area (TPSA) is 0 Å². The summed E-state index contributed by atoms with van der Waals surface area (Å²) < 4.78 is 0. The Hall–Kier alpha value is -3.97. The summed E-state index contributed by atoms with van der Waals surface area (Å²) in [6.45, 7) is 8.43. The Labute approximate surface area is 309 Å². The molecule has 0 saturated carbocycles. The fourth-order valence-electron chi connectivity index (χ4n) is 6.39. The first-order chi connectivity index (χ1) is 23.1. The van der Waals surface area contributed by atoms with Gasteiger partial charge in [0.05, 0.1) is 0 Å². The molecule has 0 atom stereocenters. The molecule has 2 heteroatoms. The minimum atomic E-state index is 0. The zero-order valence-electron chi connectivity index (χ0n) is 28.6. The molecule has 8 aromatic rings. The predicted molar refractivity (Wildman–Crippen MR) is 214 cm³/mol. The van der Waals surface area contributed by atoms with Gasteiger partial charge >= 0.3 is 26.2 Å². The molecule has 0 N–H and O–H groups in total. The van der Waals surface area contributed by atoms with Gasteiger partial charge in [-0.05, 0) is 45.5 Å². The Morgan fingerprint density at radius 1 is 0.479 bits per heavy atom. The van der Waals surface area contributed by atoms with Gasteiger partial charge in [0, 0.05) is 0 Å². The van der Waals surface area contributed by atoms with Crippen LogP contribution >= 0.6 is 0 Å². The van der Waals surface area contributed by atoms with E-state index in [1.54, 1.807) is 0 Å². The van der Waals surface area contributed by atoms with Crippen molar-refractivity contribution in [3.8, 4) is 22.3 Å². The fourth-order valence-corrected chi connectivity index (χ4v) is 6.39. The molecule has 0 bridgehead atoms. The maximum absolute atomic E-state index is 4.53. The number of aryl methyl sites for hydroxylation is 2. The van der Waals surface area contributed by atoms with Gasteiger partial charge in [0.25, 0.3) is 0 Å². The average molecular weight is 716 g/mol. The molecule has 0 radical (unpaired) electrons. The van der Waals surface area contributed by atoms with E-state index in [-0.39, 0.29) is 26.2 Å². The Morgan fingerprint density at radius 2 is 0.792 bits per heavy atom. The molecular formula is C46H44SiZr. The van der Waals surface area contributed by atoms with Gasteiger partial charge in [-0.25, -0.2) is 9.85 Å². The summed E-state index contributed by atoms with van der Waals surface area (Å²) >= 11 is 0. The van der Waals surface area contributed by atoms with Gasteiger partial charge in [0.2, 0.25) is 0 Å². The van der Waals surface area contributed by atoms with Crippen LogP contribution in [0.1, 0.15) is 38.8 Å². The maximum Gasteiger partial charge on any atom is 4.00 e. The van der Waals surface area contributed by atoms with E-state index in [9.17, 15) is 0 Å². The van der Waals surface area contributed by atoms with Crippen LogP contribution in [0.4, 0.5) is 0 Å². The van der Waals surface area contributed by atoms with Crippen molar-refractivity contribution >= 4 is 59.1 Å². The van der Waals surface area contributed by atoms with Crippen LogP contribution in [-0.4, -0.2) is 16.0 Å². The molecule has 0 fully saturated rings. The molecule has 0 heterocycles. The molecule has 0 aromatic heterocycles. The van der Waals surface area contributed by atoms with Crippen LogP contribution in [0, 0.1) is 6.42 Å². The molecule has 0 spiro atoms. The second-order valence-electron chi connectivity index (χ2n) is 11.7. The molecular weight excluding hydrogens is 672 g/mol. The number of benzene rings is 6. The third kappa shape index (κ3) is 8.00. The van der Waals surface area contributed by atoms with E-state index in [0.717, 1.165) is 12.8 Å². The Balaban J connectivity index is 0.000000188. The van der Waals surface area contributed by atoms with E-state index in [0.29, 0.717) is 0 Å². The van der Waals surface area contributed by atoms with Crippen LogP contribution in [0.25, 0.3) is 65.3 Å². The summed E-state index contributed by atoms with van der Waals surface area (Å²) in [5.41, 5.74) is 8.15. The third-order valence-electron chi connectivity index (χ3n) is 8.60. The summed E-state index contributed by atoms with van der Waals surface area (Å²) in [6.07, 6.45) is 8.70. The first-order valence-corrected chi connectivity index (χ1v) is 17.4. The molecule has 0 saturated heterocycles. The van der Waals surface area contributed by atoms with Gasteiger partial charge < -0.3 is 12.6 Å². The molecule has 48 heavy (non-hydrogen) atoms. The Bertz CT molecular complexity index is 2050. The second kappa shape index (κ2) is 18.0. The number of hydrogen-bond donors (Lipinski definition) is 0. The van der Waals surface area contributed by atoms with Gasteiger partial charge in [0.1, 0.15) is 0 Å². The summed E-state index contributed by atoms with van der Waals surface area (Å²) in [5.74, 6) is 0. The van der Waals surface area contributed by atoms with Gasteiger partial charge in [-0.15, -0.1) is 69.1 Å². The Morgan fingerprint density at radius 3 is 1.17 bits per heavy atom. The fraction of sp³-hybridized carbons (Fsp3) is 0.130. The quantitative estimate of drug-likeness (QED) is 0.126. The minimum Gasteiger partial charge on any atom is -0.533 e. The van der Waals surface area contributed by atoms with Crippen molar-refractivity contribution in [1.29, 1.82) is 0 Å². The molecule has 0 unspecified atom stereocenters. The van der Waals surface area contributed by atoms with E-state index in [2.05, 4.69) is 166 Å². The molecule has 0 nitrogen and oxygen atoms in total. The number of fused-ring (bicyclic) bond motifs is 4. The van der Waals surface area contributed by atoms with Crippen molar-refractivity contribution in [3.63, 3.8) is 0 Å². The van der Waals surface area contributed by atoms with Crippen molar-refractivity contribution in [1.82, 2.24) is 0 Å². The van der Waals surface area contributed by atoms with Gasteiger partial charge in [-0.1, -0.05) is 122 Å². The zero-order valence-corrected chi connectivity index (χ0v) is 32.5. The summed E-state index contributed by atoms with van der Waals surface area (Å²) in [5, 5.41) is 10.7. The van der Waals surface area contributed by atoms with Gasteiger partial charge in [0.15, 0.2) is 0 Å². The van der Waals surface area contributed by atoms with Crippen LogP contribution in [0.2, 0.25) is 0 Å². The van der Waals surface area contributed by atoms with Gasteiger partial charge in [-0.3, -0.25) is 0 Å². The third-order valence-corrected chi connectivity index (χ3v) is 8.60. The van der Waals surface area contributed by atoms with Gasteiger partial charge in [-0.2, -0.15) is 26.0 Å². The van der Waals surface area contributed by atoms with Crippen molar-refractivity contribution in [2.45, 2.75) is 40.5 Å². The Kier molecular flexibility index (Phi) is 13.8. The molecule has 0 amide bonds. The van der Waals surface area contributed by atoms with E-state index in [1.807, 2.05) is 20.3 Å². The van der Waals surface area contributed by atoms with Crippen molar-refractivity contribution in [3.05, 3.63) is 163 Å². The molecule has 8 aromatic carbocycles. The normalized spacial score (nSPS) is 10.3. The zero-order chi connectivity index (χ0) is 33.2. The SMILES string of the molecule is CCc1cc2c(-c3cccc4ccccc34)cccc2[cH-]1.CCc1cc2c(-c3cccc4ccccc34)cccc2[cH-]1.C[CH-]C.[CH-]=[SiH2].[Zr+4]. The monoisotopic (exact) mass is 714 g/mol. The van der Waals surface area contributed by atoms with Crippen LogP contribution in [-0.2, 0) is 39.0 Å². The largest absolute Gasteiger partial charge is 4.00 e. The smallest absolute Gasteiger partial charge is 0.533 e. The first kappa shape index (κ1) is 36.9. The number of rotatable bonds is 4. The minimum absolute atomic E-state index is 0. The van der Waals surface area contributed by atoms with E-state index >= 15 is 0 Å². The average Bonchev–Trinajstić information content (AvgIpc) is 3.77. The summed E-state index contributed by atoms with van der Waals surface area (Å²) in [7, 11) is 1.36. The molecule has 236 valence electrons. The molecule has 0 aliphatic heterocycles. The van der Waals surface area contributed by atoms with Crippen LogP contribution in [0.3, 0.4) is 0 Å². The number of hydrogen-bond acceptors (Lipinski definition) is 0. The second-order valence-corrected chi connectivity index (χ2v) is 11.7. The van der Waals surface area contributed by atoms with Crippen LogP contribution in [0.15, 0.2) is 146 Å². The van der Waals surface area contributed by atoms with Crippen LogP contribution in [0.5, 0.6) is 0 Å². The standard InChI is InChI=1S/2C21H17.C3H7.CH3Si.Zr/c2*1-2-15-13-17-9-6-12-20(21(17)14-15)19-11-5-8-16-7-3-4-10-18(16)19;1-3-2;1-2;/h2*3-14H,2H2,1H3;3H,1-2H3;1H,2H2;/q4*-1;+4. The summed E-state index contributed by atoms with van der Waals surface area (Å²) in [6, 6.07) is 52.9. The molecule has 8 rings (SSSR count). The maximum atomic E-state index is 4.53. The van der Waals surface area contributed by atoms with Crippen molar-refractivity contribution in [2.75, 3.05) is 0 Å². The van der Waals surface area contributed by atoms with Crippen molar-refractivity contribution < 1.29 is 26.2 Å². The van der Waals surface area contributed by atoms with Crippen molar-refractivity contribution in [2.24, 2.45) is 0 Å². The van der Waals surface area contributed by atoms with E-state index in [1.165, 1.54) is 86.3 Å². The molecule has 0 aliphatic carbocycles. The first-order valence-electron chi connectivity index (χ1n) is 16.6.